The van der Waals surface area contributed by atoms with Crippen LogP contribution in [0.2, 0.25) is 0 Å². The largest absolute Gasteiger partial charge is 0.380 e. The van der Waals surface area contributed by atoms with E-state index < -0.39 is 0 Å². The fraction of sp³-hybridized carbons (Fsp3) is 0.533. The first-order valence-corrected chi connectivity index (χ1v) is 7.82. The average molecular weight is 339 g/mol. The van der Waals surface area contributed by atoms with Crippen molar-refractivity contribution in [3.8, 4) is 0 Å². The number of hydrogen-bond donors (Lipinski definition) is 0. The first-order chi connectivity index (χ1) is 9.69. The molecule has 1 saturated carbocycles. The molecule has 1 fully saturated rings. The summed E-state index contributed by atoms with van der Waals surface area (Å²) >= 11 is 3.48. The van der Waals surface area contributed by atoms with Crippen LogP contribution in [0.5, 0.6) is 0 Å². The summed E-state index contributed by atoms with van der Waals surface area (Å²) in [6.07, 6.45) is 7.41. The molecule has 1 aromatic heterocycles. The molecule has 0 spiro atoms. The quantitative estimate of drug-likeness (QED) is 0.791. The Kier molecular flexibility index (Phi) is 3.98. The Morgan fingerprint density at radius 3 is 2.90 bits per heavy atom. The molecule has 1 aliphatic heterocycles. The van der Waals surface area contributed by atoms with Crippen molar-refractivity contribution in [3.05, 3.63) is 34.1 Å². The van der Waals surface area contributed by atoms with Gasteiger partial charge in [-0.2, -0.15) is 0 Å². The molecule has 4 nitrogen and oxygen atoms in total. The summed E-state index contributed by atoms with van der Waals surface area (Å²) in [6.45, 7) is 2.14. The fourth-order valence-corrected chi connectivity index (χ4v) is 3.08. The zero-order chi connectivity index (χ0) is 14.1. The van der Waals surface area contributed by atoms with Crippen molar-refractivity contribution in [2.75, 3.05) is 26.8 Å². The molecule has 20 heavy (non-hydrogen) atoms. The highest BCUT2D eigenvalue weighted by molar-refractivity contribution is 9.10. The van der Waals surface area contributed by atoms with E-state index >= 15 is 0 Å². The molecule has 0 N–H and O–H groups in total. The van der Waals surface area contributed by atoms with Crippen molar-refractivity contribution in [1.29, 1.82) is 0 Å². The second-order valence-corrected chi connectivity index (χ2v) is 6.39. The molecule has 1 amide bonds. The van der Waals surface area contributed by atoms with E-state index in [0.717, 1.165) is 23.1 Å². The molecule has 2 heterocycles. The number of ether oxygens (including phenoxy) is 1. The minimum Gasteiger partial charge on any atom is -0.380 e. The van der Waals surface area contributed by atoms with Crippen LogP contribution in [0.1, 0.15) is 35.8 Å². The van der Waals surface area contributed by atoms with Gasteiger partial charge in [-0.25, -0.2) is 0 Å². The predicted octanol–water partition coefficient (Wildman–Crippen LogP) is 3.00. The molecule has 1 aromatic rings. The smallest absolute Gasteiger partial charge is 0.270 e. The highest BCUT2D eigenvalue weighted by Crippen LogP contribution is 2.37. The van der Waals surface area contributed by atoms with Crippen LogP contribution in [0.25, 0.3) is 0 Å². The highest BCUT2D eigenvalue weighted by atomic mass is 79.9. The maximum atomic E-state index is 12.7. The molecule has 108 valence electrons. The summed E-state index contributed by atoms with van der Waals surface area (Å²) in [7, 11) is 1.71. The topological polar surface area (TPSA) is 34.5 Å². The Morgan fingerprint density at radius 1 is 1.50 bits per heavy atom. The Hall–Kier alpha value is -1.07. The molecule has 0 saturated heterocycles. The number of nitrogens with zero attached hydrogens (tertiary/aromatic N) is 2. The maximum Gasteiger partial charge on any atom is 0.270 e. The summed E-state index contributed by atoms with van der Waals surface area (Å²) in [4.78, 5) is 14.6. The molecular weight excluding hydrogens is 320 g/mol. The van der Waals surface area contributed by atoms with Crippen LogP contribution in [0, 0.1) is 0 Å². The number of rotatable bonds is 4. The Balaban J connectivity index is 1.73. The van der Waals surface area contributed by atoms with Crippen molar-refractivity contribution in [2.24, 2.45) is 0 Å². The Labute approximate surface area is 127 Å². The minimum atomic E-state index is 0.135. The van der Waals surface area contributed by atoms with Crippen molar-refractivity contribution < 1.29 is 9.53 Å². The standard InChI is InChI=1S/C15H19BrN2O2/c1-20-10-11-4-6-17(7-5-11)15(19)14-8-12(16)9-18(14)13-2-3-13/h4,8-9,13H,2-3,5-7,10H2,1H3. The lowest BCUT2D eigenvalue weighted by molar-refractivity contribution is 0.0754. The number of amides is 1. The van der Waals surface area contributed by atoms with Gasteiger partial charge in [-0.15, -0.1) is 0 Å². The first-order valence-electron chi connectivity index (χ1n) is 7.02. The summed E-state index contributed by atoms with van der Waals surface area (Å²) in [6, 6.07) is 2.46. The molecule has 0 atom stereocenters. The van der Waals surface area contributed by atoms with E-state index in [2.05, 4.69) is 26.6 Å². The summed E-state index contributed by atoms with van der Waals surface area (Å²) in [5.41, 5.74) is 2.10. The van der Waals surface area contributed by atoms with Crippen molar-refractivity contribution in [3.63, 3.8) is 0 Å². The van der Waals surface area contributed by atoms with E-state index in [1.807, 2.05) is 17.2 Å². The third-order valence-electron chi connectivity index (χ3n) is 3.89. The molecule has 0 bridgehead atoms. The third kappa shape index (κ3) is 2.83. The van der Waals surface area contributed by atoms with Gasteiger partial charge in [0.15, 0.2) is 0 Å². The van der Waals surface area contributed by atoms with E-state index in [4.69, 9.17) is 4.74 Å². The SMILES string of the molecule is COCC1=CCN(C(=O)c2cc(Br)cn2C2CC2)CC1. The lowest BCUT2D eigenvalue weighted by Crippen LogP contribution is -2.36. The lowest BCUT2D eigenvalue weighted by Gasteiger charge is -2.26. The molecule has 0 aromatic carbocycles. The number of carbonyl (C=O) groups excluding carboxylic acids is 1. The van der Waals surface area contributed by atoms with E-state index in [0.29, 0.717) is 19.2 Å². The highest BCUT2D eigenvalue weighted by Gasteiger charge is 2.29. The normalized spacial score (nSPS) is 19.1. The number of carbonyl (C=O) groups is 1. The number of aromatic nitrogens is 1. The number of methoxy groups -OCH3 is 1. The van der Waals surface area contributed by atoms with Crippen LogP contribution in [-0.2, 0) is 4.74 Å². The van der Waals surface area contributed by atoms with Gasteiger partial charge in [0.25, 0.3) is 5.91 Å². The van der Waals surface area contributed by atoms with Crippen LogP contribution >= 0.6 is 15.9 Å². The van der Waals surface area contributed by atoms with E-state index in [1.165, 1.54) is 18.4 Å². The van der Waals surface area contributed by atoms with Gasteiger partial charge in [0, 0.05) is 36.9 Å². The number of halogens is 1. The van der Waals surface area contributed by atoms with Gasteiger partial charge in [-0.05, 0) is 46.8 Å². The van der Waals surface area contributed by atoms with Gasteiger partial charge in [0.2, 0.25) is 0 Å². The zero-order valence-corrected chi connectivity index (χ0v) is 13.2. The summed E-state index contributed by atoms with van der Waals surface area (Å²) < 4.78 is 8.25. The lowest BCUT2D eigenvalue weighted by atomic mass is 10.1. The van der Waals surface area contributed by atoms with Crippen LogP contribution < -0.4 is 0 Å². The molecular formula is C15H19BrN2O2. The van der Waals surface area contributed by atoms with Gasteiger partial charge in [-0.3, -0.25) is 4.79 Å². The minimum absolute atomic E-state index is 0.135. The molecule has 0 unspecified atom stereocenters. The van der Waals surface area contributed by atoms with Crippen LogP contribution in [0.15, 0.2) is 28.4 Å². The van der Waals surface area contributed by atoms with E-state index in [-0.39, 0.29) is 5.91 Å². The van der Waals surface area contributed by atoms with Crippen LogP contribution in [0.4, 0.5) is 0 Å². The van der Waals surface area contributed by atoms with Gasteiger partial charge in [-0.1, -0.05) is 6.08 Å². The second-order valence-electron chi connectivity index (χ2n) is 5.48. The monoisotopic (exact) mass is 338 g/mol. The molecule has 2 aliphatic rings. The maximum absolute atomic E-state index is 12.7. The van der Waals surface area contributed by atoms with Crippen molar-refractivity contribution >= 4 is 21.8 Å². The van der Waals surface area contributed by atoms with Crippen molar-refractivity contribution in [2.45, 2.75) is 25.3 Å². The van der Waals surface area contributed by atoms with Crippen LogP contribution in [-0.4, -0.2) is 42.2 Å². The van der Waals surface area contributed by atoms with Gasteiger partial charge in [0.05, 0.1) is 6.61 Å². The van der Waals surface area contributed by atoms with Gasteiger partial charge in [0.1, 0.15) is 5.69 Å². The average Bonchev–Trinajstić information content (AvgIpc) is 3.22. The summed E-state index contributed by atoms with van der Waals surface area (Å²) in [5.74, 6) is 0.135. The molecule has 0 radical (unpaired) electrons. The predicted molar refractivity (Wildman–Crippen MR) is 80.9 cm³/mol. The summed E-state index contributed by atoms with van der Waals surface area (Å²) in [5, 5.41) is 0. The van der Waals surface area contributed by atoms with E-state index in [9.17, 15) is 4.79 Å². The molecule has 5 heteroatoms. The second kappa shape index (κ2) is 5.74. The Bertz CT molecular complexity index is 546. The fourth-order valence-electron chi connectivity index (χ4n) is 2.65. The zero-order valence-electron chi connectivity index (χ0n) is 11.6. The number of hydrogen-bond acceptors (Lipinski definition) is 2. The first kappa shape index (κ1) is 13.9. The van der Waals surface area contributed by atoms with Gasteiger partial charge >= 0.3 is 0 Å². The molecule has 3 rings (SSSR count). The van der Waals surface area contributed by atoms with Crippen LogP contribution in [0.3, 0.4) is 0 Å². The van der Waals surface area contributed by atoms with Crippen molar-refractivity contribution in [1.82, 2.24) is 9.47 Å². The van der Waals surface area contributed by atoms with E-state index in [1.54, 1.807) is 7.11 Å². The van der Waals surface area contributed by atoms with Gasteiger partial charge < -0.3 is 14.2 Å². The Morgan fingerprint density at radius 2 is 2.30 bits per heavy atom. The third-order valence-corrected chi connectivity index (χ3v) is 4.33. The molecule has 1 aliphatic carbocycles.